The summed E-state index contributed by atoms with van der Waals surface area (Å²) >= 11 is 0. The molecule has 0 spiro atoms. The summed E-state index contributed by atoms with van der Waals surface area (Å²) in [5, 5.41) is 3.26. The molecular formula is C16H22N2O3. The summed E-state index contributed by atoms with van der Waals surface area (Å²) < 4.78 is 11.5. The van der Waals surface area contributed by atoms with Crippen molar-refractivity contribution < 1.29 is 14.3 Å². The normalized spacial score (nSPS) is 23.9. The van der Waals surface area contributed by atoms with Crippen molar-refractivity contribution in [3.8, 4) is 5.75 Å². The van der Waals surface area contributed by atoms with E-state index in [0.29, 0.717) is 19.6 Å². The Morgan fingerprint density at radius 3 is 3.05 bits per heavy atom. The third kappa shape index (κ3) is 3.13. The molecule has 2 heterocycles. The number of benzene rings is 1. The number of nitrogens with one attached hydrogen (secondary N) is 1. The van der Waals surface area contributed by atoms with E-state index in [4.69, 9.17) is 9.47 Å². The van der Waals surface area contributed by atoms with Gasteiger partial charge in [0.05, 0.1) is 18.3 Å². The van der Waals surface area contributed by atoms with Crippen LogP contribution in [0.5, 0.6) is 5.75 Å². The summed E-state index contributed by atoms with van der Waals surface area (Å²) in [6, 6.07) is 7.71. The van der Waals surface area contributed by atoms with Crippen molar-refractivity contribution >= 4 is 11.6 Å². The van der Waals surface area contributed by atoms with Gasteiger partial charge in [0.15, 0.2) is 6.10 Å². The lowest BCUT2D eigenvalue weighted by atomic mass is 10.2. The number of anilines is 1. The predicted molar refractivity (Wildman–Crippen MR) is 80.6 cm³/mol. The fourth-order valence-electron chi connectivity index (χ4n) is 2.86. The molecule has 3 rings (SSSR count). The molecule has 1 fully saturated rings. The quantitative estimate of drug-likeness (QED) is 0.920. The zero-order valence-corrected chi connectivity index (χ0v) is 12.4. The van der Waals surface area contributed by atoms with E-state index in [2.05, 4.69) is 5.32 Å². The van der Waals surface area contributed by atoms with Gasteiger partial charge in [-0.25, -0.2) is 0 Å². The first-order chi connectivity index (χ1) is 10.3. The highest BCUT2D eigenvalue weighted by atomic mass is 16.5. The summed E-state index contributed by atoms with van der Waals surface area (Å²) in [6.07, 6.45) is 1.85. The van der Waals surface area contributed by atoms with Crippen molar-refractivity contribution in [2.24, 2.45) is 0 Å². The van der Waals surface area contributed by atoms with Crippen molar-refractivity contribution in [1.29, 1.82) is 0 Å². The number of likely N-dealkylation sites (N-methyl/N-ethyl adjacent to an activating group) is 1. The molecule has 0 aliphatic carbocycles. The summed E-state index contributed by atoms with van der Waals surface area (Å²) in [5.74, 6) is 0.783. The minimum atomic E-state index is -0.457. The second-order valence-corrected chi connectivity index (χ2v) is 5.50. The van der Waals surface area contributed by atoms with E-state index in [1.807, 2.05) is 36.1 Å². The van der Waals surface area contributed by atoms with Crippen LogP contribution in [-0.2, 0) is 9.53 Å². The topological polar surface area (TPSA) is 50.8 Å². The number of hydrogen-bond donors (Lipinski definition) is 1. The van der Waals surface area contributed by atoms with E-state index >= 15 is 0 Å². The Labute approximate surface area is 125 Å². The summed E-state index contributed by atoms with van der Waals surface area (Å²) in [4.78, 5) is 14.5. The molecule has 21 heavy (non-hydrogen) atoms. The number of para-hydroxylation sites is 2. The maximum Gasteiger partial charge on any atom is 0.265 e. The SMILES string of the molecule is CCN(CC1CCCO1)C(=O)C1CNc2ccccc2O1. The number of carbonyl (C=O) groups is 1. The number of fused-ring (bicyclic) bond motifs is 1. The second-order valence-electron chi connectivity index (χ2n) is 5.50. The van der Waals surface area contributed by atoms with Gasteiger partial charge in [0.25, 0.3) is 5.91 Å². The third-order valence-electron chi connectivity index (χ3n) is 4.05. The molecule has 0 bridgehead atoms. The first kappa shape index (κ1) is 14.2. The molecule has 1 amide bonds. The molecule has 5 nitrogen and oxygen atoms in total. The zero-order valence-electron chi connectivity index (χ0n) is 12.4. The molecule has 1 saturated heterocycles. The van der Waals surface area contributed by atoms with Crippen LogP contribution in [0.3, 0.4) is 0 Å². The Morgan fingerprint density at radius 1 is 1.43 bits per heavy atom. The van der Waals surface area contributed by atoms with Gasteiger partial charge in [0, 0.05) is 19.7 Å². The lowest BCUT2D eigenvalue weighted by Gasteiger charge is -2.31. The summed E-state index contributed by atoms with van der Waals surface area (Å²) in [6.45, 7) is 4.66. The maximum atomic E-state index is 12.6. The van der Waals surface area contributed by atoms with Crippen LogP contribution in [0.2, 0.25) is 0 Å². The summed E-state index contributed by atoms with van der Waals surface area (Å²) in [7, 11) is 0. The van der Waals surface area contributed by atoms with Gasteiger partial charge in [-0.05, 0) is 31.9 Å². The van der Waals surface area contributed by atoms with E-state index in [-0.39, 0.29) is 12.0 Å². The van der Waals surface area contributed by atoms with Crippen LogP contribution in [0.25, 0.3) is 0 Å². The van der Waals surface area contributed by atoms with Crippen LogP contribution in [0, 0.1) is 0 Å². The second kappa shape index (κ2) is 6.35. The van der Waals surface area contributed by atoms with Crippen LogP contribution in [0.4, 0.5) is 5.69 Å². The smallest absolute Gasteiger partial charge is 0.265 e. The van der Waals surface area contributed by atoms with Crippen LogP contribution in [0.15, 0.2) is 24.3 Å². The van der Waals surface area contributed by atoms with Gasteiger partial charge in [-0.2, -0.15) is 0 Å². The molecule has 2 aliphatic heterocycles. The molecular weight excluding hydrogens is 268 g/mol. The first-order valence-corrected chi connectivity index (χ1v) is 7.68. The van der Waals surface area contributed by atoms with E-state index in [9.17, 15) is 4.79 Å². The number of rotatable bonds is 4. The Balaban J connectivity index is 1.64. The average Bonchev–Trinajstić information content (AvgIpc) is 3.04. The molecule has 0 aromatic heterocycles. The van der Waals surface area contributed by atoms with Crippen LogP contribution < -0.4 is 10.1 Å². The van der Waals surface area contributed by atoms with Crippen molar-refractivity contribution in [2.45, 2.75) is 32.0 Å². The molecule has 1 N–H and O–H groups in total. The Kier molecular flexibility index (Phi) is 4.29. The highest BCUT2D eigenvalue weighted by Gasteiger charge is 2.31. The number of hydrogen-bond acceptors (Lipinski definition) is 4. The third-order valence-corrected chi connectivity index (χ3v) is 4.05. The van der Waals surface area contributed by atoms with Gasteiger partial charge < -0.3 is 19.7 Å². The standard InChI is InChI=1S/C16H22N2O3/c1-2-18(11-12-6-5-9-20-12)16(19)15-10-17-13-7-3-4-8-14(13)21-15/h3-4,7-8,12,15,17H,2,5-6,9-11H2,1H3. The molecule has 114 valence electrons. The zero-order chi connectivity index (χ0) is 14.7. The molecule has 0 radical (unpaired) electrons. The fourth-order valence-corrected chi connectivity index (χ4v) is 2.86. The molecule has 0 saturated carbocycles. The van der Waals surface area contributed by atoms with Gasteiger partial charge in [0.2, 0.25) is 0 Å². The van der Waals surface area contributed by atoms with Crippen molar-refractivity contribution in [3.05, 3.63) is 24.3 Å². The lowest BCUT2D eigenvalue weighted by Crippen LogP contribution is -2.49. The van der Waals surface area contributed by atoms with Crippen LogP contribution in [-0.4, -0.2) is 49.3 Å². The average molecular weight is 290 g/mol. The lowest BCUT2D eigenvalue weighted by molar-refractivity contribution is -0.139. The molecule has 2 aliphatic rings. The molecule has 1 aromatic rings. The minimum Gasteiger partial charge on any atom is -0.477 e. The molecule has 5 heteroatoms. The first-order valence-electron chi connectivity index (χ1n) is 7.68. The Bertz CT molecular complexity index is 500. The predicted octanol–water partition coefficient (Wildman–Crippen LogP) is 1.89. The van der Waals surface area contributed by atoms with Gasteiger partial charge in [-0.1, -0.05) is 12.1 Å². The van der Waals surface area contributed by atoms with Crippen LogP contribution in [0.1, 0.15) is 19.8 Å². The number of amides is 1. The fraction of sp³-hybridized carbons (Fsp3) is 0.562. The highest BCUT2D eigenvalue weighted by Crippen LogP contribution is 2.28. The van der Waals surface area contributed by atoms with Gasteiger partial charge >= 0.3 is 0 Å². The summed E-state index contributed by atoms with van der Waals surface area (Å²) in [5.41, 5.74) is 0.948. The molecule has 2 unspecified atom stereocenters. The van der Waals surface area contributed by atoms with E-state index < -0.39 is 6.10 Å². The molecule has 2 atom stereocenters. The van der Waals surface area contributed by atoms with E-state index in [1.165, 1.54) is 0 Å². The monoisotopic (exact) mass is 290 g/mol. The van der Waals surface area contributed by atoms with Crippen molar-refractivity contribution in [3.63, 3.8) is 0 Å². The number of carbonyl (C=O) groups excluding carboxylic acids is 1. The number of ether oxygens (including phenoxy) is 2. The van der Waals surface area contributed by atoms with Gasteiger partial charge in [0.1, 0.15) is 5.75 Å². The van der Waals surface area contributed by atoms with E-state index in [1.54, 1.807) is 0 Å². The van der Waals surface area contributed by atoms with Gasteiger partial charge in [-0.3, -0.25) is 4.79 Å². The van der Waals surface area contributed by atoms with E-state index in [0.717, 1.165) is 30.9 Å². The van der Waals surface area contributed by atoms with Crippen molar-refractivity contribution in [1.82, 2.24) is 4.90 Å². The minimum absolute atomic E-state index is 0.0370. The molecule has 1 aromatic carbocycles. The Hall–Kier alpha value is -1.75. The number of nitrogens with zero attached hydrogens (tertiary/aromatic N) is 1. The Morgan fingerprint density at radius 2 is 2.29 bits per heavy atom. The van der Waals surface area contributed by atoms with Crippen LogP contribution >= 0.6 is 0 Å². The maximum absolute atomic E-state index is 12.6. The van der Waals surface area contributed by atoms with Gasteiger partial charge in [-0.15, -0.1) is 0 Å². The largest absolute Gasteiger partial charge is 0.477 e. The van der Waals surface area contributed by atoms with Crippen molar-refractivity contribution in [2.75, 3.05) is 31.6 Å². The highest BCUT2D eigenvalue weighted by molar-refractivity contribution is 5.83.